The van der Waals surface area contributed by atoms with Gasteiger partial charge in [0.2, 0.25) is 11.8 Å². The van der Waals surface area contributed by atoms with E-state index in [4.69, 9.17) is 16.3 Å². The second-order valence-corrected chi connectivity index (χ2v) is 11.3. The van der Waals surface area contributed by atoms with Crippen LogP contribution in [0.15, 0.2) is 71.0 Å². The Balaban J connectivity index is 2.63. The number of carbonyl (C=O) groups excluding carboxylic acids is 3. The van der Waals surface area contributed by atoms with Crippen molar-refractivity contribution in [1.82, 2.24) is 10.6 Å². The predicted molar refractivity (Wildman–Crippen MR) is 153 cm³/mol. The minimum Gasteiger partial charge on any atom is -0.458 e. The van der Waals surface area contributed by atoms with Crippen LogP contribution in [0.4, 0.5) is 0 Å². The lowest BCUT2D eigenvalue weighted by molar-refractivity contribution is -0.147. The van der Waals surface area contributed by atoms with Gasteiger partial charge in [-0.1, -0.05) is 87.4 Å². The standard InChI is InChI=1S/C30H43ClN2O5/c1-20(19-22(3)25-17-14-21(2)29(37)38-25)11-8-9-13-26(35)33-27(30(5,6)7)28(36)32-18-10-12-24(34)16-15-23(4)31/h8-11,13-15,18-19,22,24-25,27,34H,12,16-17H2,1-7H3,(H,32,36)(H,33,35)/b11-8-,13-9-,18-10-,20-19+,23-15+/t22-,24-,25-,27+/m0/s1. The number of nitrogens with one attached hydrogen (secondary N) is 2. The first-order valence-electron chi connectivity index (χ1n) is 12.9. The average Bonchev–Trinajstić information content (AvgIpc) is 2.82. The highest BCUT2D eigenvalue weighted by molar-refractivity contribution is 6.29. The maximum absolute atomic E-state index is 12.7. The molecule has 2 amide bonds. The van der Waals surface area contributed by atoms with Crippen LogP contribution in [0.5, 0.6) is 0 Å². The molecule has 0 bridgehead atoms. The lowest BCUT2D eigenvalue weighted by Gasteiger charge is -2.29. The number of esters is 1. The van der Waals surface area contributed by atoms with Crippen LogP contribution in [-0.2, 0) is 19.1 Å². The van der Waals surface area contributed by atoms with Gasteiger partial charge in [0, 0.05) is 29.0 Å². The molecule has 1 heterocycles. The summed E-state index contributed by atoms with van der Waals surface area (Å²) in [5.74, 6) is -0.960. The Morgan fingerprint density at radius 2 is 1.87 bits per heavy atom. The Labute approximate surface area is 232 Å². The molecular weight excluding hydrogens is 504 g/mol. The first kappa shape index (κ1) is 33.1. The molecule has 0 aromatic carbocycles. The maximum atomic E-state index is 12.7. The van der Waals surface area contributed by atoms with Crippen molar-refractivity contribution in [2.45, 2.75) is 86.0 Å². The van der Waals surface area contributed by atoms with Gasteiger partial charge < -0.3 is 20.5 Å². The summed E-state index contributed by atoms with van der Waals surface area (Å²) in [4.78, 5) is 37.0. The predicted octanol–water partition coefficient (Wildman–Crippen LogP) is 5.39. The first-order valence-corrected chi connectivity index (χ1v) is 13.3. The summed E-state index contributed by atoms with van der Waals surface area (Å²) in [6.45, 7) is 13.0. The second kappa shape index (κ2) is 16.1. The fourth-order valence-electron chi connectivity index (χ4n) is 3.61. The molecular formula is C30H43ClN2O5. The smallest absolute Gasteiger partial charge is 0.333 e. The third-order valence-corrected chi connectivity index (χ3v) is 6.06. The van der Waals surface area contributed by atoms with Crippen LogP contribution >= 0.6 is 11.6 Å². The Bertz CT molecular complexity index is 1010. The molecule has 0 aromatic heterocycles. The number of hydrogen-bond donors (Lipinski definition) is 3. The van der Waals surface area contributed by atoms with Gasteiger partial charge in [0.15, 0.2) is 0 Å². The molecule has 1 rings (SSSR count). The quantitative estimate of drug-likeness (QED) is 0.173. The molecule has 0 fully saturated rings. The molecule has 7 nitrogen and oxygen atoms in total. The normalized spacial score (nSPS) is 19.9. The van der Waals surface area contributed by atoms with Gasteiger partial charge in [0.05, 0.1) is 6.10 Å². The van der Waals surface area contributed by atoms with E-state index < -0.39 is 23.5 Å². The molecule has 8 heteroatoms. The van der Waals surface area contributed by atoms with Crippen LogP contribution < -0.4 is 10.6 Å². The zero-order valence-corrected chi connectivity index (χ0v) is 24.3. The van der Waals surface area contributed by atoms with Crippen molar-refractivity contribution in [2.24, 2.45) is 11.3 Å². The average molecular weight is 547 g/mol. The number of aliphatic hydroxyl groups is 1. The van der Waals surface area contributed by atoms with Gasteiger partial charge in [-0.3, -0.25) is 9.59 Å². The van der Waals surface area contributed by atoms with Crippen LogP contribution in [0.1, 0.15) is 67.7 Å². The Kier molecular flexibility index (Phi) is 14.1. The molecule has 0 aromatic rings. The summed E-state index contributed by atoms with van der Waals surface area (Å²) < 4.78 is 5.46. The summed E-state index contributed by atoms with van der Waals surface area (Å²) in [6.07, 6.45) is 16.1. The first-order chi connectivity index (χ1) is 17.7. The van der Waals surface area contributed by atoms with Crippen molar-refractivity contribution in [3.8, 4) is 0 Å². The van der Waals surface area contributed by atoms with Crippen LogP contribution in [0.2, 0.25) is 0 Å². The number of hydrogen-bond acceptors (Lipinski definition) is 5. The van der Waals surface area contributed by atoms with Crippen LogP contribution in [0, 0.1) is 11.3 Å². The molecule has 1 aliphatic heterocycles. The lowest BCUT2D eigenvalue weighted by atomic mass is 9.86. The number of carbonyl (C=O) groups is 3. The molecule has 4 atom stereocenters. The molecule has 0 unspecified atom stereocenters. The third kappa shape index (κ3) is 13.1. The number of rotatable bonds is 12. The summed E-state index contributed by atoms with van der Waals surface area (Å²) in [5.41, 5.74) is 1.09. The van der Waals surface area contributed by atoms with Crippen molar-refractivity contribution in [3.05, 3.63) is 71.0 Å². The highest BCUT2D eigenvalue weighted by Crippen LogP contribution is 2.22. The molecule has 0 aliphatic carbocycles. The van der Waals surface area contributed by atoms with E-state index in [1.165, 1.54) is 12.3 Å². The van der Waals surface area contributed by atoms with Gasteiger partial charge in [0.1, 0.15) is 12.1 Å². The molecule has 0 spiro atoms. The fraction of sp³-hybridized carbons (Fsp3) is 0.500. The highest BCUT2D eigenvalue weighted by atomic mass is 35.5. The number of aliphatic hydroxyl groups excluding tert-OH is 1. The van der Waals surface area contributed by atoms with Crippen molar-refractivity contribution >= 4 is 29.4 Å². The van der Waals surface area contributed by atoms with Crippen molar-refractivity contribution in [2.75, 3.05) is 0 Å². The zero-order valence-electron chi connectivity index (χ0n) is 23.6. The van der Waals surface area contributed by atoms with E-state index >= 15 is 0 Å². The minimum atomic E-state index is -0.765. The van der Waals surface area contributed by atoms with Crippen LogP contribution in [0.25, 0.3) is 0 Å². The van der Waals surface area contributed by atoms with Gasteiger partial charge in [-0.25, -0.2) is 4.79 Å². The number of ether oxygens (including phenoxy) is 1. The molecule has 3 N–H and O–H groups in total. The van der Waals surface area contributed by atoms with Gasteiger partial charge >= 0.3 is 5.97 Å². The number of cyclic esters (lactones) is 1. The van der Waals surface area contributed by atoms with Crippen molar-refractivity contribution < 1.29 is 24.2 Å². The molecule has 38 heavy (non-hydrogen) atoms. The topological polar surface area (TPSA) is 105 Å². The zero-order chi connectivity index (χ0) is 28.9. The minimum absolute atomic E-state index is 0.0512. The molecule has 0 saturated carbocycles. The van der Waals surface area contributed by atoms with Gasteiger partial charge in [0.25, 0.3) is 0 Å². The van der Waals surface area contributed by atoms with E-state index in [1.54, 1.807) is 38.2 Å². The number of allylic oxidation sites excluding steroid dienone is 5. The lowest BCUT2D eigenvalue weighted by Crippen LogP contribution is -2.52. The fourth-order valence-corrected chi connectivity index (χ4v) is 3.70. The Hall–Kier alpha value is -2.90. The molecule has 0 saturated heterocycles. The van der Waals surface area contributed by atoms with Crippen molar-refractivity contribution in [1.29, 1.82) is 0 Å². The van der Waals surface area contributed by atoms with E-state index in [0.29, 0.717) is 29.9 Å². The summed E-state index contributed by atoms with van der Waals surface area (Å²) in [6, 6.07) is -0.765. The van der Waals surface area contributed by atoms with E-state index in [0.717, 1.165) is 5.57 Å². The maximum Gasteiger partial charge on any atom is 0.333 e. The Morgan fingerprint density at radius 3 is 2.47 bits per heavy atom. The van der Waals surface area contributed by atoms with E-state index in [1.807, 2.05) is 52.8 Å². The van der Waals surface area contributed by atoms with E-state index in [2.05, 4.69) is 10.6 Å². The van der Waals surface area contributed by atoms with Gasteiger partial charge in [-0.05, 0) is 45.2 Å². The third-order valence-electron chi connectivity index (χ3n) is 5.90. The van der Waals surface area contributed by atoms with E-state index in [9.17, 15) is 19.5 Å². The highest BCUT2D eigenvalue weighted by Gasteiger charge is 2.31. The molecule has 0 radical (unpaired) electrons. The van der Waals surface area contributed by atoms with Gasteiger partial charge in [-0.2, -0.15) is 0 Å². The molecule has 1 aliphatic rings. The second-order valence-electron chi connectivity index (χ2n) is 10.7. The largest absolute Gasteiger partial charge is 0.458 e. The number of amides is 2. The van der Waals surface area contributed by atoms with Gasteiger partial charge in [-0.15, -0.1) is 0 Å². The summed E-state index contributed by atoms with van der Waals surface area (Å²) >= 11 is 5.76. The van der Waals surface area contributed by atoms with Crippen LogP contribution in [-0.4, -0.2) is 41.1 Å². The monoisotopic (exact) mass is 546 g/mol. The Morgan fingerprint density at radius 1 is 1.21 bits per heavy atom. The summed E-state index contributed by atoms with van der Waals surface area (Å²) in [7, 11) is 0. The summed E-state index contributed by atoms with van der Waals surface area (Å²) in [5, 5.41) is 16.0. The van der Waals surface area contributed by atoms with Crippen molar-refractivity contribution in [3.63, 3.8) is 0 Å². The number of halogens is 1. The molecule has 210 valence electrons. The van der Waals surface area contributed by atoms with E-state index in [-0.39, 0.29) is 23.9 Å². The van der Waals surface area contributed by atoms with Crippen LogP contribution in [0.3, 0.4) is 0 Å². The SMILES string of the molecule is CC1=CC[C@@H]([C@@H](C)/C=C(C)/C=C\C=C/C(=O)N[C@H](C(=O)N/C=C\C[C@H](O)C/C=C(\C)Cl)C(C)(C)C)OC1=O.